The molecule has 452 valence electrons. The van der Waals surface area contributed by atoms with Crippen LogP contribution < -0.4 is 16.7 Å². The molecule has 1 aromatic carbocycles. The Hall–Kier alpha value is -4.31. The molecule has 0 aliphatic rings. The van der Waals surface area contributed by atoms with Gasteiger partial charge >= 0.3 is 126 Å². The SMILES string of the molecule is NCCC(=O)NOB(O)c1ccc(C(F)(F)C(F)(F)C(F)(F)C(F)(F)C(F)(F)C(F)(F)C(F)(F)C(F)(F)C(F)(F)C(F)(F)F)c(C(F)(F)C(F)(F)C(F)(F)C(F)(F)C(F)(F)C(F)(F)C(F)(F)C(F)(F)C(F)(F)C(F)(F)F)c1. The molecule has 0 spiro atoms. The maximum absolute atomic E-state index is 15.6. The number of rotatable bonds is 23. The number of hydrogen-bond donors (Lipinski definition) is 3. The van der Waals surface area contributed by atoms with Crippen LogP contribution in [0.4, 0.5) is 184 Å². The fourth-order valence-corrected chi connectivity index (χ4v) is 5.08. The van der Waals surface area contributed by atoms with Crippen LogP contribution in [0.25, 0.3) is 0 Å². The maximum Gasteiger partial charge on any atom is 0.514 e. The Morgan fingerprint density at radius 3 is 0.831 bits per heavy atom. The maximum atomic E-state index is 15.6. The average molecular weight is 1240 g/mol. The Morgan fingerprint density at radius 1 is 0.377 bits per heavy atom. The highest BCUT2D eigenvalue weighted by Gasteiger charge is 3.00. The van der Waals surface area contributed by atoms with Gasteiger partial charge in [0.1, 0.15) is 0 Å². The van der Waals surface area contributed by atoms with Gasteiger partial charge in [-0.1, -0.05) is 18.2 Å². The molecule has 77 heavy (non-hydrogen) atoms. The highest BCUT2D eigenvalue weighted by Crippen LogP contribution is 2.70. The molecular weight excluding hydrogens is 1230 g/mol. The third-order valence-corrected chi connectivity index (χ3v) is 9.68. The number of nitrogens with two attached hydrogens (primary N) is 1. The first-order valence-electron chi connectivity index (χ1n) is 17.4. The first-order valence-corrected chi connectivity index (χ1v) is 17.4. The van der Waals surface area contributed by atoms with Crippen molar-refractivity contribution >= 4 is 18.5 Å². The molecular formula is C29H11BF42N2O3. The zero-order valence-electron chi connectivity index (χ0n) is 33.9. The quantitative estimate of drug-likeness (QED) is 0.0579. The van der Waals surface area contributed by atoms with Gasteiger partial charge in [0.2, 0.25) is 5.91 Å². The second-order valence-electron chi connectivity index (χ2n) is 14.7. The number of amides is 1. The van der Waals surface area contributed by atoms with E-state index in [2.05, 4.69) is 4.76 Å². The number of carbonyl (C=O) groups is 1. The van der Waals surface area contributed by atoms with Crippen LogP contribution in [0.3, 0.4) is 0 Å². The Labute approximate surface area is 391 Å². The van der Waals surface area contributed by atoms with Crippen LogP contribution >= 0.6 is 0 Å². The van der Waals surface area contributed by atoms with Crippen molar-refractivity contribution in [3.63, 3.8) is 0 Å². The van der Waals surface area contributed by atoms with Crippen molar-refractivity contribution in [1.82, 2.24) is 5.48 Å². The summed E-state index contributed by atoms with van der Waals surface area (Å²) in [7, 11) is -3.96. The molecule has 1 aromatic rings. The molecule has 0 unspecified atom stereocenters. The number of halogens is 42. The van der Waals surface area contributed by atoms with Gasteiger partial charge in [0.15, 0.2) is 0 Å². The van der Waals surface area contributed by atoms with Crippen molar-refractivity contribution in [2.75, 3.05) is 6.54 Å². The molecule has 0 atom stereocenters. The highest BCUT2D eigenvalue weighted by molar-refractivity contribution is 6.60. The molecule has 5 nitrogen and oxygen atoms in total. The van der Waals surface area contributed by atoms with Gasteiger partial charge in [0.25, 0.3) is 0 Å². The number of benzene rings is 1. The molecule has 0 aliphatic carbocycles. The molecule has 1 rings (SSSR count). The molecule has 4 N–H and O–H groups in total. The highest BCUT2D eigenvalue weighted by atomic mass is 19.5. The average Bonchev–Trinajstić information content (AvgIpc) is 3.23. The van der Waals surface area contributed by atoms with E-state index in [9.17, 15) is 159 Å². The minimum absolute atomic E-state index is 0.770. The fourth-order valence-electron chi connectivity index (χ4n) is 5.08. The van der Waals surface area contributed by atoms with Crippen LogP contribution in [0, 0.1) is 0 Å². The van der Waals surface area contributed by atoms with Crippen molar-refractivity contribution in [1.29, 1.82) is 0 Å². The number of alkyl halides is 42. The van der Waals surface area contributed by atoms with Crippen LogP contribution in [-0.2, 0) is 21.4 Å². The number of hydrogen-bond acceptors (Lipinski definition) is 4. The Kier molecular flexibility index (Phi) is 17.4. The summed E-state index contributed by atoms with van der Waals surface area (Å²) in [5, 5.41) is 9.80. The monoisotopic (exact) mass is 1240 g/mol. The third kappa shape index (κ3) is 9.19. The van der Waals surface area contributed by atoms with Crippen molar-refractivity contribution in [3.8, 4) is 0 Å². The van der Waals surface area contributed by atoms with Gasteiger partial charge in [-0.3, -0.25) is 9.55 Å². The number of carbonyl (C=O) groups excluding carboxylic acids is 1. The first kappa shape index (κ1) is 70.7. The molecule has 0 bridgehead atoms. The summed E-state index contributed by atoms with van der Waals surface area (Å²) in [5.41, 5.74) is -7.43. The standard InChI is InChI=1S/C29H11BF42N2O3/c31-10(32,12(35,36)14(39,40)16(43,44)18(47,48)20(51,52)22(55,56)24(59,60)26(63,64)28(67,68)69)7-2-1-6(30(76)77-74-9(75)3-4-73)5-8(7)11(33,34)13(37,38)15(41,42)17(45,46)19(49,50)21(53,54)23(57,58)25(61,62)27(65,66)29(70,71)72/h1-2,5,76H,3-4,73H2,(H,74,75). The van der Waals surface area contributed by atoms with E-state index in [0.717, 1.165) is 5.48 Å². The zero-order valence-corrected chi connectivity index (χ0v) is 33.9. The molecule has 0 aromatic heterocycles. The van der Waals surface area contributed by atoms with Crippen molar-refractivity contribution in [2.45, 2.75) is 125 Å². The lowest BCUT2D eigenvalue weighted by Crippen LogP contribution is -2.77. The Morgan fingerprint density at radius 2 is 0.597 bits per heavy atom. The Balaban J connectivity index is 4.61. The van der Waals surface area contributed by atoms with Crippen LogP contribution in [0.15, 0.2) is 18.2 Å². The third-order valence-electron chi connectivity index (χ3n) is 9.68. The topological polar surface area (TPSA) is 84.6 Å². The summed E-state index contributed by atoms with van der Waals surface area (Å²) in [5.74, 6) is -177. The van der Waals surface area contributed by atoms with E-state index in [4.69, 9.17) is 5.73 Å². The van der Waals surface area contributed by atoms with E-state index in [0.29, 0.717) is 0 Å². The Bertz CT molecular complexity index is 2300. The second kappa shape index (κ2) is 18.9. The lowest BCUT2D eigenvalue weighted by atomic mass is 9.75. The summed E-state index contributed by atoms with van der Waals surface area (Å²) in [6, 6.07) is -5.60. The molecule has 0 radical (unpaired) electrons. The van der Waals surface area contributed by atoms with E-state index >= 15 is 35.1 Å². The summed E-state index contributed by atoms with van der Waals surface area (Å²) in [4.78, 5) is 11.4. The van der Waals surface area contributed by atoms with Crippen molar-refractivity contribution in [2.24, 2.45) is 5.73 Å². The van der Waals surface area contributed by atoms with Crippen molar-refractivity contribution < 1.29 is 199 Å². The lowest BCUT2D eigenvalue weighted by Gasteiger charge is -2.45. The normalized spacial score (nSPS) is 16.3. The van der Waals surface area contributed by atoms with E-state index < -0.39 is 180 Å². The van der Waals surface area contributed by atoms with Gasteiger partial charge in [-0.15, -0.1) is 0 Å². The summed E-state index contributed by atoms with van der Waals surface area (Å²) >= 11 is 0. The largest absolute Gasteiger partial charge is 0.514 e. The minimum atomic E-state index is -10.2. The second-order valence-corrected chi connectivity index (χ2v) is 14.7. The number of nitrogens with one attached hydrogen (secondary N) is 1. The van der Waals surface area contributed by atoms with Gasteiger partial charge < -0.3 is 10.8 Å². The van der Waals surface area contributed by atoms with Crippen molar-refractivity contribution in [3.05, 3.63) is 29.3 Å². The summed E-state index contributed by atoms with van der Waals surface area (Å²) < 4.78 is 592. The first-order chi connectivity index (χ1) is 33.0. The van der Waals surface area contributed by atoms with E-state index in [-0.39, 0.29) is 0 Å². The molecule has 0 aliphatic heterocycles. The predicted molar refractivity (Wildman–Crippen MR) is 156 cm³/mol. The predicted octanol–water partition coefficient (Wildman–Crippen LogP) is 12.2. The summed E-state index contributed by atoms with van der Waals surface area (Å²) in [6.45, 7) is -0.880. The van der Waals surface area contributed by atoms with E-state index in [1.54, 1.807) is 0 Å². The van der Waals surface area contributed by atoms with Crippen LogP contribution in [0.2, 0.25) is 0 Å². The molecule has 0 saturated heterocycles. The summed E-state index contributed by atoms with van der Waals surface area (Å²) in [6.07, 6.45) is -18.1. The minimum Gasteiger partial charge on any atom is -0.422 e. The van der Waals surface area contributed by atoms with Gasteiger partial charge in [-0.05, 0) is 5.46 Å². The lowest BCUT2D eigenvalue weighted by molar-refractivity contribution is -0.475. The van der Waals surface area contributed by atoms with E-state index in [1.807, 2.05) is 0 Å². The van der Waals surface area contributed by atoms with Gasteiger partial charge in [0.05, 0.1) is 0 Å². The zero-order chi connectivity index (χ0) is 62.8. The molecule has 0 heterocycles. The molecule has 0 saturated carbocycles. The van der Waals surface area contributed by atoms with E-state index in [1.165, 1.54) is 0 Å². The van der Waals surface area contributed by atoms with Crippen LogP contribution in [0.1, 0.15) is 17.5 Å². The van der Waals surface area contributed by atoms with Crippen LogP contribution in [-0.4, -0.2) is 132 Å². The fraction of sp³-hybridized carbons (Fsp3) is 0.759. The van der Waals surface area contributed by atoms with Gasteiger partial charge in [-0.2, -0.15) is 184 Å². The smallest absolute Gasteiger partial charge is 0.422 e. The molecule has 1 amide bonds. The van der Waals surface area contributed by atoms with Gasteiger partial charge in [-0.25, -0.2) is 5.48 Å². The number of hydroxylamine groups is 1. The molecule has 48 heteroatoms. The van der Waals surface area contributed by atoms with Gasteiger partial charge in [0, 0.05) is 24.1 Å². The van der Waals surface area contributed by atoms with Crippen LogP contribution in [0.5, 0.6) is 0 Å². The molecule has 0 fully saturated rings.